The number of pyridine rings is 1. The highest BCUT2D eigenvalue weighted by molar-refractivity contribution is 7.89. The maximum absolute atomic E-state index is 12.3. The molecule has 0 spiro atoms. The Morgan fingerprint density at radius 2 is 2.04 bits per heavy atom. The minimum Gasteiger partial charge on any atom is -0.384 e. The summed E-state index contributed by atoms with van der Waals surface area (Å²) in [5.41, 5.74) is 8.12. The molecule has 1 aliphatic heterocycles. The first-order valence-corrected chi connectivity index (χ1v) is 9.64. The molecule has 3 aromatic rings. The van der Waals surface area contributed by atoms with Crippen LogP contribution in [0.4, 0.5) is 11.6 Å². The monoisotopic (exact) mass is 370 g/mol. The van der Waals surface area contributed by atoms with Gasteiger partial charge in [-0.05, 0) is 42.8 Å². The number of benzene rings is 1. The van der Waals surface area contributed by atoms with Crippen molar-refractivity contribution in [2.24, 2.45) is 0 Å². The highest BCUT2D eigenvalue weighted by atomic mass is 32.2. The lowest BCUT2D eigenvalue weighted by Gasteiger charge is -2.31. The number of aromatic nitrogens is 3. The first-order valence-electron chi connectivity index (χ1n) is 8.16. The third kappa shape index (κ3) is 2.74. The molecule has 3 N–H and O–H groups in total. The SMILES string of the molecule is CNS(=O)(=O)c1cccc2c1CCN(c1ncnc3nc(N)ccc13)C2. The number of rotatable bonds is 3. The predicted octanol–water partition coefficient (Wildman–Crippen LogP) is 1.08. The number of nitrogen functional groups attached to an aromatic ring is 1. The fourth-order valence-corrected chi connectivity index (χ4v) is 4.35. The number of anilines is 2. The molecule has 4 rings (SSSR count). The molecule has 0 radical (unpaired) electrons. The lowest BCUT2D eigenvalue weighted by atomic mass is 9.99. The number of sulfonamides is 1. The average Bonchev–Trinajstić information content (AvgIpc) is 2.66. The zero-order valence-corrected chi connectivity index (χ0v) is 15.0. The van der Waals surface area contributed by atoms with Crippen LogP contribution in [0.25, 0.3) is 11.0 Å². The molecule has 0 unspecified atom stereocenters. The molecule has 0 aliphatic carbocycles. The molecular formula is C17H18N6O2S. The molecule has 9 heteroatoms. The van der Waals surface area contributed by atoms with E-state index in [0.717, 1.165) is 22.3 Å². The molecule has 0 amide bonds. The lowest BCUT2D eigenvalue weighted by Crippen LogP contribution is -2.33. The van der Waals surface area contributed by atoms with E-state index in [1.165, 1.54) is 13.4 Å². The van der Waals surface area contributed by atoms with Gasteiger partial charge in [0, 0.05) is 13.1 Å². The number of nitrogens with one attached hydrogen (secondary N) is 1. The van der Waals surface area contributed by atoms with E-state index in [1.807, 2.05) is 12.1 Å². The Hall–Kier alpha value is -2.78. The summed E-state index contributed by atoms with van der Waals surface area (Å²) in [7, 11) is -2.05. The smallest absolute Gasteiger partial charge is 0.240 e. The van der Waals surface area contributed by atoms with Crippen LogP contribution in [0.2, 0.25) is 0 Å². The standard InChI is InChI=1S/C17H18N6O2S/c1-19-26(24,25)14-4-2-3-11-9-23(8-7-12(11)14)17-13-5-6-15(18)22-16(13)20-10-21-17/h2-6,10,19H,7-9H2,1H3,(H2,18,20,21,22). The Balaban J connectivity index is 1.76. The number of hydrogen-bond donors (Lipinski definition) is 2. The largest absolute Gasteiger partial charge is 0.384 e. The molecule has 0 saturated heterocycles. The Morgan fingerprint density at radius 1 is 1.19 bits per heavy atom. The molecule has 3 heterocycles. The van der Waals surface area contributed by atoms with Crippen LogP contribution in [0.15, 0.2) is 41.6 Å². The van der Waals surface area contributed by atoms with Gasteiger partial charge in [0.25, 0.3) is 0 Å². The lowest BCUT2D eigenvalue weighted by molar-refractivity contribution is 0.585. The minimum absolute atomic E-state index is 0.346. The third-order valence-electron chi connectivity index (χ3n) is 4.58. The van der Waals surface area contributed by atoms with E-state index in [0.29, 0.717) is 35.9 Å². The second kappa shape index (κ2) is 6.19. The van der Waals surface area contributed by atoms with Crippen molar-refractivity contribution in [3.8, 4) is 0 Å². The van der Waals surface area contributed by atoms with Crippen molar-refractivity contribution >= 4 is 32.7 Å². The molecule has 0 fully saturated rings. The van der Waals surface area contributed by atoms with Gasteiger partial charge < -0.3 is 10.6 Å². The maximum Gasteiger partial charge on any atom is 0.240 e. The van der Waals surface area contributed by atoms with Crippen molar-refractivity contribution in [1.82, 2.24) is 19.7 Å². The summed E-state index contributed by atoms with van der Waals surface area (Å²) in [5.74, 6) is 1.18. The van der Waals surface area contributed by atoms with Crippen molar-refractivity contribution < 1.29 is 8.42 Å². The zero-order chi connectivity index (χ0) is 18.3. The fraction of sp³-hybridized carbons (Fsp3) is 0.235. The first kappa shape index (κ1) is 16.7. The van der Waals surface area contributed by atoms with Crippen LogP contribution < -0.4 is 15.4 Å². The van der Waals surface area contributed by atoms with E-state index < -0.39 is 10.0 Å². The van der Waals surface area contributed by atoms with Gasteiger partial charge >= 0.3 is 0 Å². The Bertz CT molecular complexity index is 1100. The van der Waals surface area contributed by atoms with Crippen LogP contribution in [-0.2, 0) is 23.0 Å². The molecule has 1 aromatic carbocycles. The average molecular weight is 370 g/mol. The van der Waals surface area contributed by atoms with Gasteiger partial charge in [-0.2, -0.15) is 0 Å². The molecule has 0 bridgehead atoms. The van der Waals surface area contributed by atoms with Gasteiger partial charge in [-0.3, -0.25) is 0 Å². The van der Waals surface area contributed by atoms with Crippen LogP contribution in [-0.4, -0.2) is 37.0 Å². The molecule has 2 aromatic heterocycles. The highest BCUT2D eigenvalue weighted by Crippen LogP contribution is 2.30. The molecule has 8 nitrogen and oxygen atoms in total. The van der Waals surface area contributed by atoms with Crippen LogP contribution in [0.5, 0.6) is 0 Å². The molecular weight excluding hydrogens is 352 g/mol. The summed E-state index contributed by atoms with van der Waals surface area (Å²) in [4.78, 5) is 15.3. The second-order valence-corrected chi connectivity index (χ2v) is 7.93. The van der Waals surface area contributed by atoms with Crippen LogP contribution in [0.1, 0.15) is 11.1 Å². The Morgan fingerprint density at radius 3 is 2.85 bits per heavy atom. The molecule has 134 valence electrons. The zero-order valence-electron chi connectivity index (χ0n) is 14.2. The number of hydrogen-bond acceptors (Lipinski definition) is 7. The third-order valence-corrected chi connectivity index (χ3v) is 6.08. The van der Waals surface area contributed by atoms with E-state index in [1.54, 1.807) is 18.2 Å². The van der Waals surface area contributed by atoms with E-state index in [2.05, 4.69) is 24.6 Å². The second-order valence-electron chi connectivity index (χ2n) is 6.08. The summed E-state index contributed by atoms with van der Waals surface area (Å²) < 4.78 is 26.9. The minimum atomic E-state index is -3.48. The van der Waals surface area contributed by atoms with Gasteiger partial charge in [0.15, 0.2) is 5.65 Å². The summed E-state index contributed by atoms with van der Waals surface area (Å²) in [6.45, 7) is 1.22. The van der Waals surface area contributed by atoms with Crippen LogP contribution >= 0.6 is 0 Å². The van der Waals surface area contributed by atoms with E-state index in [-0.39, 0.29) is 0 Å². The van der Waals surface area contributed by atoms with Crippen LogP contribution in [0.3, 0.4) is 0 Å². The van der Waals surface area contributed by atoms with Gasteiger partial charge in [0.05, 0.1) is 10.3 Å². The molecule has 0 saturated carbocycles. The van der Waals surface area contributed by atoms with Gasteiger partial charge in [0.1, 0.15) is 18.0 Å². The first-order chi connectivity index (χ1) is 12.5. The molecule has 0 atom stereocenters. The Kier molecular flexibility index (Phi) is 3.97. The number of fused-ring (bicyclic) bond motifs is 2. The van der Waals surface area contributed by atoms with Crippen molar-refractivity contribution in [3.63, 3.8) is 0 Å². The van der Waals surface area contributed by atoms with Gasteiger partial charge in [-0.15, -0.1) is 0 Å². The van der Waals surface area contributed by atoms with E-state index in [4.69, 9.17) is 5.73 Å². The highest BCUT2D eigenvalue weighted by Gasteiger charge is 2.25. The summed E-state index contributed by atoms with van der Waals surface area (Å²) in [5, 5.41) is 0.823. The molecule has 1 aliphatic rings. The fourth-order valence-electron chi connectivity index (χ4n) is 3.31. The van der Waals surface area contributed by atoms with E-state index >= 15 is 0 Å². The summed E-state index contributed by atoms with van der Waals surface area (Å²) >= 11 is 0. The van der Waals surface area contributed by atoms with Gasteiger partial charge in [0.2, 0.25) is 10.0 Å². The van der Waals surface area contributed by atoms with Crippen LogP contribution in [0, 0.1) is 0 Å². The number of nitrogens with zero attached hydrogens (tertiary/aromatic N) is 4. The normalized spacial score (nSPS) is 14.4. The Labute approximate surface area is 151 Å². The quantitative estimate of drug-likeness (QED) is 0.709. The van der Waals surface area contributed by atoms with E-state index in [9.17, 15) is 8.42 Å². The predicted molar refractivity (Wildman–Crippen MR) is 99.2 cm³/mol. The number of nitrogens with two attached hydrogens (primary N) is 1. The molecule has 26 heavy (non-hydrogen) atoms. The van der Waals surface area contributed by atoms with Crippen molar-refractivity contribution in [2.45, 2.75) is 17.9 Å². The van der Waals surface area contributed by atoms with Gasteiger partial charge in [-0.1, -0.05) is 12.1 Å². The van der Waals surface area contributed by atoms with Gasteiger partial charge in [-0.25, -0.2) is 28.1 Å². The maximum atomic E-state index is 12.3. The summed E-state index contributed by atoms with van der Waals surface area (Å²) in [6, 6.07) is 8.96. The summed E-state index contributed by atoms with van der Waals surface area (Å²) in [6.07, 6.45) is 2.09. The van der Waals surface area contributed by atoms with Crippen molar-refractivity contribution in [2.75, 3.05) is 24.2 Å². The topological polar surface area (TPSA) is 114 Å². The van der Waals surface area contributed by atoms with Crippen molar-refractivity contribution in [1.29, 1.82) is 0 Å². The van der Waals surface area contributed by atoms with Crippen molar-refractivity contribution in [3.05, 3.63) is 47.8 Å².